The number of amides is 2. The van der Waals surface area contributed by atoms with Crippen molar-refractivity contribution in [2.24, 2.45) is 0 Å². The zero-order valence-electron chi connectivity index (χ0n) is 20.2. The quantitative estimate of drug-likeness (QED) is 0.493. The molecular weight excluding hydrogens is 457 g/mol. The van der Waals surface area contributed by atoms with Crippen molar-refractivity contribution in [1.29, 1.82) is 0 Å². The first-order valence-electron chi connectivity index (χ1n) is 11.4. The smallest absolute Gasteiger partial charge is 0.244 e. The van der Waals surface area contributed by atoms with E-state index in [0.29, 0.717) is 12.8 Å². The molecule has 34 heavy (non-hydrogen) atoms. The van der Waals surface area contributed by atoms with Crippen LogP contribution < -0.4 is 9.62 Å². The highest BCUT2D eigenvalue weighted by Gasteiger charge is 2.31. The number of halogens is 1. The van der Waals surface area contributed by atoms with Crippen molar-refractivity contribution in [3.63, 3.8) is 0 Å². The van der Waals surface area contributed by atoms with Crippen LogP contribution in [0.4, 0.5) is 10.1 Å². The molecule has 0 radical (unpaired) electrons. The van der Waals surface area contributed by atoms with Crippen molar-refractivity contribution >= 4 is 27.5 Å². The first-order chi connectivity index (χ1) is 16.1. The van der Waals surface area contributed by atoms with Gasteiger partial charge in [-0.05, 0) is 56.0 Å². The molecular formula is C25H34FN3O4S. The van der Waals surface area contributed by atoms with Gasteiger partial charge in [-0.25, -0.2) is 12.8 Å². The van der Waals surface area contributed by atoms with Gasteiger partial charge in [-0.2, -0.15) is 0 Å². The van der Waals surface area contributed by atoms with E-state index in [1.54, 1.807) is 0 Å². The summed E-state index contributed by atoms with van der Waals surface area (Å²) in [6, 6.07) is 13.7. The topological polar surface area (TPSA) is 86.8 Å². The van der Waals surface area contributed by atoms with E-state index < -0.39 is 34.3 Å². The highest BCUT2D eigenvalue weighted by molar-refractivity contribution is 7.92. The van der Waals surface area contributed by atoms with Crippen molar-refractivity contribution in [1.82, 2.24) is 10.2 Å². The van der Waals surface area contributed by atoms with E-state index in [0.717, 1.165) is 34.7 Å². The van der Waals surface area contributed by atoms with Crippen LogP contribution in [0.3, 0.4) is 0 Å². The average molecular weight is 492 g/mol. The predicted octanol–water partition coefficient (Wildman–Crippen LogP) is 3.36. The lowest BCUT2D eigenvalue weighted by Gasteiger charge is -2.33. The van der Waals surface area contributed by atoms with Crippen LogP contribution in [-0.2, 0) is 26.0 Å². The average Bonchev–Trinajstić information content (AvgIpc) is 2.80. The highest BCUT2D eigenvalue weighted by Crippen LogP contribution is 2.19. The number of benzene rings is 2. The number of nitrogens with zero attached hydrogens (tertiary/aromatic N) is 2. The minimum Gasteiger partial charge on any atom is -0.352 e. The fraction of sp³-hybridized carbons (Fsp3) is 0.440. The Balaban J connectivity index is 2.34. The second-order valence-electron chi connectivity index (χ2n) is 8.31. The van der Waals surface area contributed by atoms with Crippen LogP contribution in [0.5, 0.6) is 0 Å². The summed E-state index contributed by atoms with van der Waals surface area (Å²) in [4.78, 5) is 28.0. The Bertz CT molecular complexity index is 1050. The van der Waals surface area contributed by atoms with Gasteiger partial charge < -0.3 is 10.2 Å². The van der Waals surface area contributed by atoms with Crippen LogP contribution >= 0.6 is 0 Å². The zero-order chi connectivity index (χ0) is 25.3. The van der Waals surface area contributed by atoms with E-state index in [-0.39, 0.29) is 24.2 Å². The molecule has 0 saturated heterocycles. The van der Waals surface area contributed by atoms with E-state index in [2.05, 4.69) is 5.32 Å². The molecule has 9 heteroatoms. The minimum absolute atomic E-state index is 0.0561. The van der Waals surface area contributed by atoms with Crippen molar-refractivity contribution < 1.29 is 22.4 Å². The molecule has 0 fully saturated rings. The van der Waals surface area contributed by atoms with Crippen molar-refractivity contribution in [3.05, 3.63) is 66.0 Å². The number of carbonyl (C=O) groups excluding carboxylic acids is 2. The molecule has 2 aromatic carbocycles. The molecule has 0 heterocycles. The molecule has 0 aromatic heterocycles. The molecule has 7 nitrogen and oxygen atoms in total. The van der Waals surface area contributed by atoms with Gasteiger partial charge in [0.05, 0.1) is 11.9 Å². The van der Waals surface area contributed by atoms with E-state index in [9.17, 15) is 22.4 Å². The largest absolute Gasteiger partial charge is 0.352 e. The Morgan fingerprint density at radius 1 is 1.00 bits per heavy atom. The molecule has 0 aliphatic heterocycles. The maximum absolute atomic E-state index is 13.5. The summed E-state index contributed by atoms with van der Waals surface area (Å²) in [5.74, 6) is -1.29. The number of hydrogen-bond acceptors (Lipinski definition) is 4. The summed E-state index contributed by atoms with van der Waals surface area (Å²) in [5.41, 5.74) is 1.17. The Kier molecular flexibility index (Phi) is 10.0. The monoisotopic (exact) mass is 491 g/mol. The molecule has 0 saturated carbocycles. The number of rotatable bonds is 12. The molecule has 0 spiro atoms. The van der Waals surface area contributed by atoms with E-state index >= 15 is 0 Å². The second kappa shape index (κ2) is 12.5. The number of anilines is 1. The Hall–Kier alpha value is -2.94. The van der Waals surface area contributed by atoms with E-state index in [1.165, 1.54) is 17.0 Å². The van der Waals surface area contributed by atoms with Gasteiger partial charge in [0.2, 0.25) is 21.8 Å². The van der Waals surface area contributed by atoms with Gasteiger partial charge in [-0.15, -0.1) is 0 Å². The lowest BCUT2D eigenvalue weighted by atomic mass is 10.1. The zero-order valence-corrected chi connectivity index (χ0v) is 21.0. The summed E-state index contributed by atoms with van der Waals surface area (Å²) in [5, 5.41) is 2.93. The first-order valence-corrected chi connectivity index (χ1v) is 13.3. The van der Waals surface area contributed by atoms with Gasteiger partial charge in [0.1, 0.15) is 18.4 Å². The first kappa shape index (κ1) is 27.3. The van der Waals surface area contributed by atoms with Gasteiger partial charge in [0.15, 0.2) is 0 Å². The van der Waals surface area contributed by atoms with Gasteiger partial charge in [-0.3, -0.25) is 13.9 Å². The van der Waals surface area contributed by atoms with Crippen LogP contribution in [0.2, 0.25) is 0 Å². The second-order valence-corrected chi connectivity index (χ2v) is 10.2. The fourth-order valence-electron chi connectivity index (χ4n) is 3.56. The normalized spacial score (nSPS) is 13.1. The SMILES string of the molecule is CC[C@H](C)NC(=O)[C@H](CC)N(CCc1ccccc1)C(=O)CN(c1ccc(F)cc1)S(C)(=O)=O. The number of carbonyl (C=O) groups is 2. The summed E-state index contributed by atoms with van der Waals surface area (Å²) in [6.45, 7) is 5.41. The molecule has 1 N–H and O–H groups in total. The molecule has 2 atom stereocenters. The number of sulfonamides is 1. The van der Waals surface area contributed by atoms with Crippen LogP contribution in [0.15, 0.2) is 54.6 Å². The molecule has 186 valence electrons. The van der Waals surface area contributed by atoms with E-state index in [1.807, 2.05) is 51.1 Å². The Labute approximate surface area is 202 Å². The number of nitrogens with one attached hydrogen (secondary N) is 1. The summed E-state index contributed by atoms with van der Waals surface area (Å²) >= 11 is 0. The third-order valence-electron chi connectivity index (χ3n) is 5.66. The van der Waals surface area contributed by atoms with Crippen molar-refractivity contribution in [2.75, 3.05) is 23.7 Å². The molecule has 0 aliphatic carbocycles. The molecule has 2 aromatic rings. The molecule has 0 unspecified atom stereocenters. The third kappa shape index (κ3) is 7.83. The van der Waals surface area contributed by atoms with Gasteiger partial charge in [0.25, 0.3) is 0 Å². The Morgan fingerprint density at radius 2 is 1.62 bits per heavy atom. The lowest BCUT2D eigenvalue weighted by Crippen LogP contribution is -2.54. The van der Waals surface area contributed by atoms with Gasteiger partial charge in [-0.1, -0.05) is 44.2 Å². The predicted molar refractivity (Wildman–Crippen MR) is 132 cm³/mol. The summed E-state index contributed by atoms with van der Waals surface area (Å²) in [6.07, 6.45) is 2.62. The maximum atomic E-state index is 13.5. The van der Waals surface area contributed by atoms with Crippen molar-refractivity contribution in [2.45, 2.75) is 52.1 Å². The van der Waals surface area contributed by atoms with Crippen LogP contribution in [0.1, 0.15) is 39.2 Å². The number of hydrogen-bond donors (Lipinski definition) is 1. The molecule has 2 amide bonds. The minimum atomic E-state index is -3.84. The van der Waals surface area contributed by atoms with Crippen LogP contribution in [0, 0.1) is 5.82 Å². The highest BCUT2D eigenvalue weighted by atomic mass is 32.2. The molecule has 0 bridgehead atoms. The standard InChI is InChI=1S/C25H34FN3O4S/c1-5-19(3)27-25(31)23(6-2)28(17-16-20-10-8-7-9-11-20)24(30)18-29(34(4,32)33)22-14-12-21(26)13-15-22/h7-15,19,23H,5-6,16-18H2,1-4H3,(H,27,31)/t19-,23-/m0/s1. The molecule has 2 rings (SSSR count). The summed E-state index contributed by atoms with van der Waals surface area (Å²) < 4.78 is 39.3. The third-order valence-corrected chi connectivity index (χ3v) is 6.81. The lowest BCUT2D eigenvalue weighted by molar-refractivity contribution is -0.139. The van der Waals surface area contributed by atoms with E-state index in [4.69, 9.17) is 0 Å². The Morgan fingerprint density at radius 3 is 2.15 bits per heavy atom. The summed E-state index contributed by atoms with van der Waals surface area (Å²) in [7, 11) is -3.84. The molecule has 0 aliphatic rings. The van der Waals surface area contributed by atoms with Crippen LogP contribution in [-0.4, -0.2) is 56.6 Å². The van der Waals surface area contributed by atoms with Crippen LogP contribution in [0.25, 0.3) is 0 Å². The van der Waals surface area contributed by atoms with Gasteiger partial charge in [0, 0.05) is 12.6 Å². The maximum Gasteiger partial charge on any atom is 0.244 e. The van der Waals surface area contributed by atoms with Crippen molar-refractivity contribution in [3.8, 4) is 0 Å². The van der Waals surface area contributed by atoms with Gasteiger partial charge >= 0.3 is 0 Å². The fourth-order valence-corrected chi connectivity index (χ4v) is 4.41.